The Morgan fingerprint density at radius 3 is 2.33 bits per heavy atom. The maximum Gasteiger partial charge on any atom is 0.232 e. The van der Waals surface area contributed by atoms with E-state index < -0.39 is 0 Å². The van der Waals surface area contributed by atoms with Crippen LogP contribution in [0.2, 0.25) is 0 Å². The summed E-state index contributed by atoms with van der Waals surface area (Å²) in [7, 11) is 0. The fourth-order valence-electron chi connectivity index (χ4n) is 2.47. The van der Waals surface area contributed by atoms with Crippen molar-refractivity contribution in [2.45, 2.75) is 19.4 Å². The molecule has 0 aliphatic heterocycles. The van der Waals surface area contributed by atoms with Crippen LogP contribution in [0.4, 0.5) is 17.6 Å². The van der Waals surface area contributed by atoms with Gasteiger partial charge >= 0.3 is 0 Å². The van der Waals surface area contributed by atoms with Crippen LogP contribution in [0.1, 0.15) is 13.3 Å². The molecule has 4 rings (SSSR count). The van der Waals surface area contributed by atoms with Crippen LogP contribution in [0.25, 0.3) is 11.4 Å². The third kappa shape index (κ3) is 3.32. The standard InChI is InChI=1S/C18H18N6/c1-12-11-15(12)21-18-23-16(13-5-3-2-4-6-13)22-17(24-18)20-14-7-9-19-10-8-14/h2-10,12,15H,11H2,1H3,(H2,19,20,21,22,23,24). The van der Waals surface area contributed by atoms with Gasteiger partial charge in [0.05, 0.1) is 0 Å². The molecule has 1 aromatic carbocycles. The molecule has 0 amide bonds. The van der Waals surface area contributed by atoms with E-state index in [0.717, 1.165) is 17.7 Å². The number of hydrogen-bond acceptors (Lipinski definition) is 6. The molecule has 2 atom stereocenters. The summed E-state index contributed by atoms with van der Waals surface area (Å²) in [5, 5.41) is 6.60. The maximum atomic E-state index is 4.57. The fraction of sp³-hybridized carbons (Fsp3) is 0.222. The molecule has 24 heavy (non-hydrogen) atoms. The highest BCUT2D eigenvalue weighted by Gasteiger charge is 2.33. The summed E-state index contributed by atoms with van der Waals surface area (Å²) >= 11 is 0. The van der Waals surface area contributed by atoms with E-state index in [1.165, 1.54) is 0 Å². The first-order valence-corrected chi connectivity index (χ1v) is 8.03. The molecular formula is C18H18N6. The van der Waals surface area contributed by atoms with Crippen molar-refractivity contribution in [3.8, 4) is 11.4 Å². The fourth-order valence-corrected chi connectivity index (χ4v) is 2.47. The number of benzene rings is 1. The van der Waals surface area contributed by atoms with Gasteiger partial charge in [-0.2, -0.15) is 15.0 Å². The highest BCUT2D eigenvalue weighted by molar-refractivity contribution is 5.60. The largest absolute Gasteiger partial charge is 0.351 e. The van der Waals surface area contributed by atoms with Gasteiger partial charge < -0.3 is 10.6 Å². The highest BCUT2D eigenvalue weighted by atomic mass is 15.2. The van der Waals surface area contributed by atoms with Crippen molar-refractivity contribution >= 4 is 17.6 Å². The van der Waals surface area contributed by atoms with Gasteiger partial charge in [-0.25, -0.2) is 0 Å². The number of nitrogens with zero attached hydrogens (tertiary/aromatic N) is 4. The minimum atomic E-state index is 0.449. The van der Waals surface area contributed by atoms with Gasteiger partial charge in [0, 0.05) is 29.7 Å². The van der Waals surface area contributed by atoms with Crippen molar-refractivity contribution in [2.24, 2.45) is 5.92 Å². The highest BCUT2D eigenvalue weighted by Crippen LogP contribution is 2.32. The molecule has 1 aliphatic carbocycles. The van der Waals surface area contributed by atoms with E-state index in [-0.39, 0.29) is 0 Å². The second-order valence-electron chi connectivity index (χ2n) is 6.00. The molecule has 1 fully saturated rings. The first-order valence-electron chi connectivity index (χ1n) is 8.03. The molecule has 2 heterocycles. The summed E-state index contributed by atoms with van der Waals surface area (Å²) in [5.74, 6) is 2.44. The second kappa shape index (κ2) is 6.23. The van der Waals surface area contributed by atoms with E-state index in [1.807, 2.05) is 42.5 Å². The van der Waals surface area contributed by atoms with E-state index in [9.17, 15) is 0 Å². The number of hydrogen-bond donors (Lipinski definition) is 2. The summed E-state index contributed by atoms with van der Waals surface area (Å²) < 4.78 is 0. The van der Waals surface area contributed by atoms with Crippen LogP contribution in [-0.2, 0) is 0 Å². The minimum Gasteiger partial charge on any atom is -0.351 e. The van der Waals surface area contributed by atoms with Crippen molar-refractivity contribution in [1.82, 2.24) is 19.9 Å². The van der Waals surface area contributed by atoms with Gasteiger partial charge in [-0.15, -0.1) is 0 Å². The number of aromatic nitrogens is 4. The lowest BCUT2D eigenvalue weighted by atomic mass is 10.2. The van der Waals surface area contributed by atoms with Gasteiger partial charge in [0.2, 0.25) is 11.9 Å². The summed E-state index contributed by atoms with van der Waals surface area (Å²) in [5.41, 5.74) is 1.85. The van der Waals surface area contributed by atoms with Gasteiger partial charge in [0.25, 0.3) is 0 Å². The zero-order chi connectivity index (χ0) is 16.4. The molecule has 120 valence electrons. The quantitative estimate of drug-likeness (QED) is 0.750. The molecule has 1 saturated carbocycles. The van der Waals surface area contributed by atoms with Crippen molar-refractivity contribution in [2.75, 3.05) is 10.6 Å². The number of anilines is 3. The van der Waals surface area contributed by atoms with Gasteiger partial charge in [-0.3, -0.25) is 4.98 Å². The Kier molecular flexibility index (Phi) is 3.78. The van der Waals surface area contributed by atoms with Gasteiger partial charge in [-0.05, 0) is 24.5 Å². The van der Waals surface area contributed by atoms with Gasteiger partial charge in [0.15, 0.2) is 5.82 Å². The number of rotatable bonds is 5. The Morgan fingerprint density at radius 2 is 1.62 bits per heavy atom. The monoisotopic (exact) mass is 318 g/mol. The average molecular weight is 318 g/mol. The maximum absolute atomic E-state index is 4.57. The molecule has 2 unspecified atom stereocenters. The molecular weight excluding hydrogens is 300 g/mol. The summed E-state index contributed by atoms with van der Waals surface area (Å²) in [6.07, 6.45) is 4.61. The van der Waals surface area contributed by atoms with Crippen LogP contribution in [0, 0.1) is 5.92 Å². The van der Waals surface area contributed by atoms with Crippen LogP contribution < -0.4 is 10.6 Å². The third-order valence-electron chi connectivity index (χ3n) is 4.03. The van der Waals surface area contributed by atoms with Crippen LogP contribution >= 0.6 is 0 Å². The van der Waals surface area contributed by atoms with Crippen LogP contribution in [0.3, 0.4) is 0 Å². The molecule has 6 heteroatoms. The normalized spacial score (nSPS) is 18.9. The Hall–Kier alpha value is -3.02. The van der Waals surface area contributed by atoms with Crippen molar-refractivity contribution < 1.29 is 0 Å². The zero-order valence-corrected chi connectivity index (χ0v) is 13.3. The zero-order valence-electron chi connectivity index (χ0n) is 13.3. The van der Waals surface area contributed by atoms with E-state index in [1.54, 1.807) is 12.4 Å². The molecule has 0 radical (unpaired) electrons. The Morgan fingerprint density at radius 1 is 0.917 bits per heavy atom. The Bertz CT molecular complexity index is 821. The average Bonchev–Trinajstić information content (AvgIpc) is 3.31. The predicted octanol–water partition coefficient (Wildman–Crippen LogP) is 3.50. The predicted molar refractivity (Wildman–Crippen MR) is 94.0 cm³/mol. The lowest BCUT2D eigenvalue weighted by Crippen LogP contribution is -2.10. The van der Waals surface area contributed by atoms with Crippen LogP contribution in [0.5, 0.6) is 0 Å². The van der Waals surface area contributed by atoms with Crippen molar-refractivity contribution in [1.29, 1.82) is 0 Å². The minimum absolute atomic E-state index is 0.449. The Labute approximate surface area is 140 Å². The second-order valence-corrected chi connectivity index (χ2v) is 6.00. The van der Waals surface area contributed by atoms with E-state index in [2.05, 4.69) is 37.5 Å². The molecule has 6 nitrogen and oxygen atoms in total. The smallest absolute Gasteiger partial charge is 0.232 e. The lowest BCUT2D eigenvalue weighted by Gasteiger charge is -2.10. The van der Waals surface area contributed by atoms with Crippen LogP contribution in [-0.4, -0.2) is 26.0 Å². The topological polar surface area (TPSA) is 75.6 Å². The SMILES string of the molecule is CC1CC1Nc1nc(Nc2ccncc2)nc(-c2ccccc2)n1. The first kappa shape index (κ1) is 14.6. The summed E-state index contributed by atoms with van der Waals surface area (Å²) in [4.78, 5) is 17.7. The molecule has 2 aromatic heterocycles. The first-order chi connectivity index (χ1) is 11.8. The van der Waals surface area contributed by atoms with E-state index in [0.29, 0.717) is 29.7 Å². The Balaban J connectivity index is 1.68. The van der Waals surface area contributed by atoms with Crippen LogP contribution in [0.15, 0.2) is 54.9 Å². The lowest BCUT2D eigenvalue weighted by molar-refractivity contribution is 0.909. The molecule has 0 spiro atoms. The molecule has 3 aromatic rings. The number of nitrogens with one attached hydrogen (secondary N) is 2. The molecule has 2 N–H and O–H groups in total. The molecule has 1 aliphatic rings. The van der Waals surface area contributed by atoms with Crippen molar-refractivity contribution in [3.63, 3.8) is 0 Å². The van der Waals surface area contributed by atoms with Gasteiger partial charge in [0.1, 0.15) is 0 Å². The van der Waals surface area contributed by atoms with E-state index in [4.69, 9.17) is 0 Å². The molecule has 0 saturated heterocycles. The van der Waals surface area contributed by atoms with Crippen molar-refractivity contribution in [3.05, 3.63) is 54.9 Å². The van der Waals surface area contributed by atoms with E-state index >= 15 is 0 Å². The molecule has 0 bridgehead atoms. The summed E-state index contributed by atoms with van der Waals surface area (Å²) in [6, 6.07) is 14.1. The third-order valence-corrected chi connectivity index (χ3v) is 4.03. The summed E-state index contributed by atoms with van der Waals surface area (Å²) in [6.45, 7) is 2.22. The van der Waals surface area contributed by atoms with Gasteiger partial charge in [-0.1, -0.05) is 37.3 Å². The number of pyridine rings is 1.